The second kappa shape index (κ2) is 10.6. The third kappa shape index (κ3) is 5.54. The summed E-state index contributed by atoms with van der Waals surface area (Å²) in [7, 11) is -5.24. The molecule has 1 saturated carbocycles. The molecular weight excluding hydrogens is 346 g/mol. The van der Waals surface area contributed by atoms with Gasteiger partial charge in [-0.05, 0) is 25.2 Å². The van der Waals surface area contributed by atoms with Gasteiger partial charge in [-0.25, -0.2) is 0 Å². The Morgan fingerprint density at radius 2 is 1.70 bits per heavy atom. The summed E-state index contributed by atoms with van der Waals surface area (Å²) in [5.74, 6) is -6.55. The zero-order valence-electron chi connectivity index (χ0n) is 13.5. The normalized spacial score (nSPS) is 19.3. The molecule has 10 heteroatoms. The van der Waals surface area contributed by atoms with Crippen LogP contribution < -0.4 is 69.3 Å². The van der Waals surface area contributed by atoms with E-state index in [9.17, 15) is 32.8 Å². The average molecular weight is 364 g/mol. The van der Waals surface area contributed by atoms with E-state index >= 15 is 0 Å². The van der Waals surface area contributed by atoms with E-state index in [1.807, 2.05) is 0 Å². The van der Waals surface area contributed by atoms with Crippen LogP contribution in [0, 0.1) is 11.8 Å². The molecule has 0 heterocycles. The first-order chi connectivity index (χ1) is 9.68. The maximum atomic E-state index is 11.7. The van der Waals surface area contributed by atoms with E-state index in [-0.39, 0.29) is 59.1 Å². The van der Waals surface area contributed by atoms with Crippen molar-refractivity contribution in [1.82, 2.24) is 0 Å². The Bertz CT molecular complexity index is 528. The van der Waals surface area contributed by atoms with Crippen LogP contribution in [-0.4, -0.2) is 29.7 Å². The van der Waals surface area contributed by atoms with Gasteiger partial charge >= 0.3 is 59.1 Å². The van der Waals surface area contributed by atoms with Crippen molar-refractivity contribution in [2.45, 2.75) is 43.3 Å². The Kier molecular flexibility index (Phi) is 11.8. The van der Waals surface area contributed by atoms with Crippen molar-refractivity contribution in [2.75, 3.05) is 0 Å². The SMILES string of the molecule is C=CCC(C(=O)[O-])(C(C(=O)[O-])C1CCCCC1)S(=O)(=O)O.[Na+].[Na+]. The minimum Gasteiger partial charge on any atom is -0.550 e. The van der Waals surface area contributed by atoms with Crippen LogP contribution in [0.4, 0.5) is 0 Å². The largest absolute Gasteiger partial charge is 1.00 e. The standard InChI is InChI=1S/C13H20O7S.2Na/c1-2-8-13(12(16)17,21(18,19)20)10(11(14)15)9-6-4-3-5-7-9;;/h2,9-10H,1,3-8H2,(H,14,15)(H,16,17)(H,18,19,20);;/q;2*+1/p-2. The van der Waals surface area contributed by atoms with E-state index in [0.29, 0.717) is 25.7 Å². The molecule has 0 radical (unpaired) electrons. The fraction of sp³-hybridized carbons (Fsp3) is 0.692. The molecule has 0 amide bonds. The molecule has 1 aliphatic rings. The van der Waals surface area contributed by atoms with E-state index < -0.39 is 45.1 Å². The van der Waals surface area contributed by atoms with Crippen LogP contribution in [0.25, 0.3) is 0 Å². The zero-order valence-corrected chi connectivity index (χ0v) is 18.3. The van der Waals surface area contributed by atoms with Crippen molar-refractivity contribution in [3.8, 4) is 0 Å². The molecule has 0 aromatic heterocycles. The van der Waals surface area contributed by atoms with Crippen molar-refractivity contribution < 1.29 is 91.9 Å². The number of carboxylic acids is 2. The third-order valence-electron chi connectivity index (χ3n) is 4.13. The van der Waals surface area contributed by atoms with Gasteiger partial charge in [-0.15, -0.1) is 6.58 Å². The smallest absolute Gasteiger partial charge is 0.550 e. The van der Waals surface area contributed by atoms with E-state index in [0.717, 1.165) is 12.5 Å². The molecule has 1 rings (SSSR count). The summed E-state index contributed by atoms with van der Waals surface area (Å²) in [6.45, 7) is 3.25. The summed E-state index contributed by atoms with van der Waals surface area (Å²) >= 11 is 0. The van der Waals surface area contributed by atoms with E-state index in [4.69, 9.17) is 0 Å². The molecule has 1 aliphatic carbocycles. The number of carbonyl (C=O) groups excluding carboxylic acids is 2. The monoisotopic (exact) mass is 364 g/mol. The third-order valence-corrected chi connectivity index (χ3v) is 5.64. The average Bonchev–Trinajstić information content (AvgIpc) is 2.37. The van der Waals surface area contributed by atoms with Crippen molar-refractivity contribution in [2.24, 2.45) is 11.8 Å². The fourth-order valence-electron chi connectivity index (χ4n) is 3.15. The van der Waals surface area contributed by atoms with E-state index in [2.05, 4.69) is 6.58 Å². The molecule has 2 atom stereocenters. The van der Waals surface area contributed by atoms with Gasteiger partial charge in [0.05, 0.1) is 5.97 Å². The summed E-state index contributed by atoms with van der Waals surface area (Å²) in [5, 5.41) is 22.9. The van der Waals surface area contributed by atoms with Crippen LogP contribution in [-0.2, 0) is 19.7 Å². The summed E-state index contributed by atoms with van der Waals surface area (Å²) < 4.78 is 29.8. The van der Waals surface area contributed by atoms with Gasteiger partial charge in [0.2, 0.25) is 0 Å². The van der Waals surface area contributed by atoms with E-state index in [1.54, 1.807) is 0 Å². The summed E-state index contributed by atoms with van der Waals surface area (Å²) in [6, 6.07) is 0. The van der Waals surface area contributed by atoms with Crippen LogP contribution in [0.5, 0.6) is 0 Å². The first-order valence-corrected chi connectivity index (χ1v) is 8.12. The van der Waals surface area contributed by atoms with Gasteiger partial charge in [-0.2, -0.15) is 8.42 Å². The van der Waals surface area contributed by atoms with Crippen molar-refractivity contribution in [3.05, 3.63) is 12.7 Å². The molecule has 7 nitrogen and oxygen atoms in total. The van der Waals surface area contributed by atoms with Gasteiger partial charge in [0.25, 0.3) is 10.1 Å². The van der Waals surface area contributed by atoms with E-state index in [1.165, 1.54) is 0 Å². The minimum atomic E-state index is -5.24. The van der Waals surface area contributed by atoms with Crippen LogP contribution in [0.2, 0.25) is 0 Å². The van der Waals surface area contributed by atoms with Gasteiger partial charge in [0, 0.05) is 11.9 Å². The molecular formula is C13H18Na2O7S. The number of hydrogen-bond donors (Lipinski definition) is 1. The first-order valence-electron chi connectivity index (χ1n) is 6.68. The van der Waals surface area contributed by atoms with Gasteiger partial charge in [0.1, 0.15) is 4.75 Å². The van der Waals surface area contributed by atoms with Gasteiger partial charge < -0.3 is 19.8 Å². The van der Waals surface area contributed by atoms with Crippen LogP contribution >= 0.6 is 0 Å². The van der Waals surface area contributed by atoms with Crippen LogP contribution in [0.1, 0.15) is 38.5 Å². The molecule has 23 heavy (non-hydrogen) atoms. The molecule has 1 N–H and O–H groups in total. The second-order valence-electron chi connectivity index (χ2n) is 5.34. The van der Waals surface area contributed by atoms with Crippen LogP contribution in [0.3, 0.4) is 0 Å². The minimum absolute atomic E-state index is 0. The van der Waals surface area contributed by atoms with Crippen molar-refractivity contribution >= 4 is 22.1 Å². The van der Waals surface area contributed by atoms with Gasteiger partial charge in [0.15, 0.2) is 0 Å². The number of rotatable bonds is 7. The topological polar surface area (TPSA) is 135 Å². The number of carboxylic acid groups (broad SMARTS) is 2. The number of aliphatic carboxylic acids is 2. The molecule has 1 fully saturated rings. The van der Waals surface area contributed by atoms with Gasteiger partial charge in [-0.1, -0.05) is 25.3 Å². The molecule has 0 saturated heterocycles. The molecule has 0 bridgehead atoms. The maximum Gasteiger partial charge on any atom is 1.00 e. The Labute approximate surface area is 180 Å². The quantitative estimate of drug-likeness (QED) is 0.269. The molecule has 120 valence electrons. The Morgan fingerprint density at radius 1 is 1.22 bits per heavy atom. The van der Waals surface area contributed by atoms with Gasteiger partial charge in [-0.3, -0.25) is 4.55 Å². The Balaban J connectivity index is 0. The predicted octanol–water partition coefficient (Wildman–Crippen LogP) is -7.11. The summed E-state index contributed by atoms with van der Waals surface area (Å²) in [6.07, 6.45) is 3.10. The fourth-order valence-corrected chi connectivity index (χ4v) is 4.30. The van der Waals surface area contributed by atoms with Crippen molar-refractivity contribution in [1.29, 1.82) is 0 Å². The molecule has 0 aromatic rings. The second-order valence-corrected chi connectivity index (χ2v) is 7.02. The summed E-state index contributed by atoms with van der Waals surface area (Å²) in [5.41, 5.74) is 0. The molecule has 0 aliphatic heterocycles. The van der Waals surface area contributed by atoms with Crippen molar-refractivity contribution in [3.63, 3.8) is 0 Å². The number of allylic oxidation sites excluding steroid dienone is 1. The Morgan fingerprint density at radius 3 is 2.00 bits per heavy atom. The maximum absolute atomic E-state index is 11.7. The molecule has 0 spiro atoms. The predicted molar refractivity (Wildman–Crippen MR) is 69.2 cm³/mol. The van der Waals surface area contributed by atoms with Crippen LogP contribution in [0.15, 0.2) is 12.7 Å². The molecule has 2 unspecified atom stereocenters. The molecule has 0 aromatic carbocycles. The summed E-state index contributed by atoms with van der Waals surface area (Å²) in [4.78, 5) is 22.9. The number of hydrogen-bond acceptors (Lipinski definition) is 6. The Hall–Kier alpha value is 0.590. The first kappa shape index (κ1) is 25.8. The number of carbonyl (C=O) groups is 2. The zero-order chi connectivity index (χ0) is 16.3.